The van der Waals surface area contributed by atoms with Crippen molar-refractivity contribution >= 4 is 0 Å². The highest BCUT2D eigenvalue weighted by Crippen LogP contribution is 2.34. The molecule has 136 valence electrons. The molecule has 5 atom stereocenters. The molecule has 0 saturated carbocycles. The van der Waals surface area contributed by atoms with Crippen LogP contribution in [0.5, 0.6) is 5.75 Å². The Hall–Kier alpha value is -1.18. The first-order chi connectivity index (χ1) is 11.2. The summed E-state index contributed by atoms with van der Waals surface area (Å²) in [5, 5.41) is 39.1. The summed E-state index contributed by atoms with van der Waals surface area (Å²) in [7, 11) is 0. The summed E-state index contributed by atoms with van der Waals surface area (Å²) in [6.07, 6.45) is -5.52. The molecular weight excluding hydrogens is 312 g/mol. The normalized spacial score (nSPS) is 31.1. The molecule has 1 heterocycles. The lowest BCUT2D eigenvalue weighted by molar-refractivity contribution is -0.277. The van der Waals surface area contributed by atoms with Crippen LogP contribution in [0.3, 0.4) is 0 Å². The van der Waals surface area contributed by atoms with Gasteiger partial charge in [-0.05, 0) is 29.0 Å². The minimum Gasteiger partial charge on any atom is -0.462 e. The van der Waals surface area contributed by atoms with Crippen molar-refractivity contribution in [3.05, 3.63) is 29.3 Å². The highest BCUT2D eigenvalue weighted by molar-refractivity contribution is 5.41. The van der Waals surface area contributed by atoms with E-state index >= 15 is 0 Å². The summed E-state index contributed by atoms with van der Waals surface area (Å²) in [5.74, 6) is 0.545. The monoisotopic (exact) mass is 340 g/mol. The molecule has 6 nitrogen and oxygen atoms in total. The summed E-state index contributed by atoms with van der Waals surface area (Å²) in [5.41, 5.74) is 1.94. The zero-order valence-corrected chi connectivity index (χ0v) is 14.6. The molecule has 4 N–H and O–H groups in total. The van der Waals surface area contributed by atoms with Gasteiger partial charge in [0, 0.05) is 0 Å². The van der Waals surface area contributed by atoms with E-state index < -0.39 is 37.3 Å². The van der Waals surface area contributed by atoms with Crippen molar-refractivity contribution in [1.29, 1.82) is 0 Å². The number of aryl methyl sites for hydroxylation is 1. The summed E-state index contributed by atoms with van der Waals surface area (Å²) in [4.78, 5) is 0. The van der Waals surface area contributed by atoms with Crippen LogP contribution in [-0.4, -0.2) is 57.7 Å². The van der Waals surface area contributed by atoms with E-state index in [2.05, 4.69) is 33.8 Å². The van der Waals surface area contributed by atoms with E-state index in [1.54, 1.807) is 0 Å². The van der Waals surface area contributed by atoms with Crippen molar-refractivity contribution in [2.45, 2.75) is 70.2 Å². The second-order valence-electron chi connectivity index (χ2n) is 7.25. The lowest BCUT2D eigenvalue weighted by Gasteiger charge is -2.40. The molecule has 0 spiro atoms. The summed E-state index contributed by atoms with van der Waals surface area (Å²) < 4.78 is 11.2. The summed E-state index contributed by atoms with van der Waals surface area (Å²) in [6, 6.07) is 5.81. The van der Waals surface area contributed by atoms with Crippen molar-refractivity contribution in [2.24, 2.45) is 0 Å². The Bertz CT molecular complexity index is 551. The van der Waals surface area contributed by atoms with Crippen LogP contribution in [0.15, 0.2) is 18.2 Å². The van der Waals surface area contributed by atoms with Crippen molar-refractivity contribution in [3.8, 4) is 5.75 Å². The smallest absolute Gasteiger partial charge is 0.229 e. The summed E-state index contributed by atoms with van der Waals surface area (Å²) in [6.45, 7) is 7.76. The van der Waals surface area contributed by atoms with Gasteiger partial charge in [-0.15, -0.1) is 0 Å². The first-order valence-electron chi connectivity index (χ1n) is 8.29. The number of rotatable bonds is 4. The Balaban J connectivity index is 2.30. The van der Waals surface area contributed by atoms with E-state index in [1.165, 1.54) is 5.56 Å². The zero-order chi connectivity index (χ0) is 18.1. The Labute approximate surface area is 142 Å². The van der Waals surface area contributed by atoms with Crippen molar-refractivity contribution in [2.75, 3.05) is 6.61 Å². The van der Waals surface area contributed by atoms with Gasteiger partial charge in [0.2, 0.25) is 6.29 Å². The largest absolute Gasteiger partial charge is 0.462 e. The first kappa shape index (κ1) is 19.1. The third kappa shape index (κ3) is 3.90. The minimum absolute atomic E-state index is 0.186. The Morgan fingerprint density at radius 3 is 2.29 bits per heavy atom. The fourth-order valence-corrected chi connectivity index (χ4v) is 2.78. The number of hydrogen-bond acceptors (Lipinski definition) is 6. The molecule has 1 aromatic carbocycles. The molecule has 0 radical (unpaired) electrons. The van der Waals surface area contributed by atoms with Gasteiger partial charge < -0.3 is 29.9 Å². The van der Waals surface area contributed by atoms with Crippen LogP contribution in [0.1, 0.15) is 38.8 Å². The van der Waals surface area contributed by atoms with Crippen molar-refractivity contribution in [1.82, 2.24) is 0 Å². The van der Waals surface area contributed by atoms with Gasteiger partial charge in [0.1, 0.15) is 30.2 Å². The van der Waals surface area contributed by atoms with Gasteiger partial charge in [0.25, 0.3) is 0 Å². The molecule has 0 unspecified atom stereocenters. The van der Waals surface area contributed by atoms with E-state index in [1.807, 2.05) is 12.1 Å². The molecule has 0 aromatic heterocycles. The van der Waals surface area contributed by atoms with Crippen LogP contribution in [0.25, 0.3) is 0 Å². The number of aliphatic hydroxyl groups is 4. The molecule has 0 amide bonds. The van der Waals surface area contributed by atoms with Crippen LogP contribution < -0.4 is 4.74 Å². The maximum atomic E-state index is 10.1. The third-order valence-corrected chi connectivity index (χ3v) is 4.35. The zero-order valence-electron chi connectivity index (χ0n) is 14.6. The van der Waals surface area contributed by atoms with Gasteiger partial charge in [-0.1, -0.05) is 39.8 Å². The fraction of sp³-hybridized carbons (Fsp3) is 0.667. The Kier molecular flexibility index (Phi) is 5.88. The molecule has 2 rings (SSSR count). The average molecular weight is 340 g/mol. The number of ether oxygens (including phenoxy) is 2. The van der Waals surface area contributed by atoms with E-state index in [0.29, 0.717) is 5.75 Å². The van der Waals surface area contributed by atoms with E-state index in [4.69, 9.17) is 9.47 Å². The molecule has 0 aliphatic carbocycles. The maximum Gasteiger partial charge on any atom is 0.229 e. The fourth-order valence-electron chi connectivity index (χ4n) is 2.78. The quantitative estimate of drug-likeness (QED) is 0.645. The topological polar surface area (TPSA) is 99.4 Å². The second kappa shape index (κ2) is 7.37. The molecule has 6 heteroatoms. The SMILES string of the molecule is CCc1ccc(O[C@@H]2O[C@H](CO)[C@@H](O)[C@H](O)[C@H]2O)c(C(C)(C)C)c1. The highest BCUT2D eigenvalue weighted by atomic mass is 16.7. The van der Waals surface area contributed by atoms with Crippen LogP contribution >= 0.6 is 0 Å². The van der Waals surface area contributed by atoms with Gasteiger partial charge in [0.05, 0.1) is 6.61 Å². The number of hydrogen-bond donors (Lipinski definition) is 4. The van der Waals surface area contributed by atoms with Crippen LogP contribution in [-0.2, 0) is 16.6 Å². The van der Waals surface area contributed by atoms with Gasteiger partial charge in [0.15, 0.2) is 0 Å². The molecule has 24 heavy (non-hydrogen) atoms. The lowest BCUT2D eigenvalue weighted by atomic mass is 9.85. The molecular formula is C18H28O6. The predicted octanol–water partition coefficient (Wildman–Crippen LogP) is 0.725. The molecule has 1 aromatic rings. The Morgan fingerprint density at radius 1 is 1.08 bits per heavy atom. The predicted molar refractivity (Wildman–Crippen MR) is 88.9 cm³/mol. The van der Waals surface area contributed by atoms with E-state index in [-0.39, 0.29) is 5.41 Å². The van der Waals surface area contributed by atoms with Crippen LogP contribution in [0.4, 0.5) is 0 Å². The number of benzene rings is 1. The third-order valence-electron chi connectivity index (χ3n) is 4.35. The van der Waals surface area contributed by atoms with Crippen LogP contribution in [0.2, 0.25) is 0 Å². The molecule has 1 aliphatic rings. The maximum absolute atomic E-state index is 10.1. The van der Waals surface area contributed by atoms with Crippen LogP contribution in [0, 0.1) is 0 Å². The minimum atomic E-state index is -1.45. The second-order valence-corrected chi connectivity index (χ2v) is 7.25. The van der Waals surface area contributed by atoms with Gasteiger partial charge >= 0.3 is 0 Å². The summed E-state index contributed by atoms with van der Waals surface area (Å²) >= 11 is 0. The lowest BCUT2D eigenvalue weighted by Crippen LogP contribution is -2.60. The molecule has 1 aliphatic heterocycles. The van der Waals surface area contributed by atoms with E-state index in [0.717, 1.165) is 12.0 Å². The molecule has 0 bridgehead atoms. The Morgan fingerprint density at radius 2 is 1.75 bits per heavy atom. The average Bonchev–Trinajstić information content (AvgIpc) is 2.54. The molecule has 1 fully saturated rings. The highest BCUT2D eigenvalue weighted by Gasteiger charge is 2.45. The number of aliphatic hydroxyl groups excluding tert-OH is 4. The van der Waals surface area contributed by atoms with Crippen molar-refractivity contribution in [3.63, 3.8) is 0 Å². The first-order valence-corrected chi connectivity index (χ1v) is 8.29. The van der Waals surface area contributed by atoms with Gasteiger partial charge in [-0.2, -0.15) is 0 Å². The van der Waals surface area contributed by atoms with E-state index in [9.17, 15) is 20.4 Å². The standard InChI is InChI=1S/C18H28O6/c1-5-10-6-7-12(11(8-10)18(2,3)4)23-17-16(22)15(21)14(20)13(9-19)24-17/h6-8,13-17,19-22H,5,9H2,1-4H3/t13-,14-,15+,16-,17-/m1/s1. The molecule has 1 saturated heterocycles. The van der Waals surface area contributed by atoms with Gasteiger partial charge in [-0.3, -0.25) is 0 Å². The van der Waals surface area contributed by atoms with Gasteiger partial charge in [-0.25, -0.2) is 0 Å². The van der Waals surface area contributed by atoms with Crippen molar-refractivity contribution < 1.29 is 29.9 Å².